The summed E-state index contributed by atoms with van der Waals surface area (Å²) < 4.78 is 141. The van der Waals surface area contributed by atoms with Gasteiger partial charge >= 0.3 is 23.3 Å². The summed E-state index contributed by atoms with van der Waals surface area (Å²) in [5, 5.41) is -7.11. The maximum Gasteiger partial charge on any atom is 0.460 e. The number of ether oxygens (including phenoxy) is 1. The number of hydrogen-bond acceptors (Lipinski definition) is 4. The maximum absolute atomic E-state index is 12.2. The molecule has 0 spiro atoms. The molecule has 0 aliphatic heterocycles. The molecule has 0 radical (unpaired) electrons. The van der Waals surface area contributed by atoms with Crippen LogP contribution >= 0.6 is 0 Å². The molecule has 0 atom stereocenters. The van der Waals surface area contributed by atoms with E-state index in [-0.39, 0.29) is 0 Å². The van der Waals surface area contributed by atoms with Gasteiger partial charge in [0.15, 0.2) is 15.0 Å². The van der Waals surface area contributed by atoms with E-state index in [0.717, 1.165) is 18.8 Å². The van der Waals surface area contributed by atoms with Crippen molar-refractivity contribution in [2.45, 2.75) is 61.8 Å². The van der Waals surface area contributed by atoms with Gasteiger partial charge in [0.25, 0.3) is 0 Å². The average molecular weight is 538 g/mol. The third-order valence-electron chi connectivity index (χ3n) is 4.05. The van der Waals surface area contributed by atoms with Gasteiger partial charge in [-0.15, -0.1) is 0 Å². The second-order valence-electron chi connectivity index (χ2n) is 6.36. The van der Waals surface area contributed by atoms with Gasteiger partial charge in [0.2, 0.25) is 0 Å². The molecule has 1 rings (SSSR count). The second kappa shape index (κ2) is 11.9. The van der Waals surface area contributed by atoms with E-state index in [9.17, 15) is 52.5 Å². The summed E-state index contributed by atoms with van der Waals surface area (Å²) in [7, 11) is -6.99. The highest BCUT2D eigenvalue weighted by molar-refractivity contribution is 7.96. The second-order valence-corrected chi connectivity index (χ2v) is 10.4. The van der Waals surface area contributed by atoms with Crippen LogP contribution in [0.15, 0.2) is 29.2 Å². The molecule has 194 valence electrons. The molecule has 0 saturated heterocycles. The molecule has 0 aliphatic carbocycles. The highest BCUT2D eigenvalue weighted by atomic mass is 32.2. The molecule has 4 nitrogen and oxygen atoms in total. The molecule has 0 bridgehead atoms. The Balaban J connectivity index is 0.000000621. The van der Waals surface area contributed by atoms with Crippen LogP contribution in [0.25, 0.3) is 0 Å². The summed E-state index contributed by atoms with van der Waals surface area (Å²) in [6, 6.07) is 8.65. The highest BCUT2D eigenvalue weighted by Crippen LogP contribution is 2.54. The summed E-state index contributed by atoms with van der Waals surface area (Å²) in [5.74, 6) is -11.3. The molecule has 33 heavy (non-hydrogen) atoms. The van der Waals surface area contributed by atoms with Crippen LogP contribution in [0.3, 0.4) is 0 Å². The third-order valence-corrected chi connectivity index (χ3v) is 7.27. The number of benzene rings is 1. The van der Waals surface area contributed by atoms with E-state index in [0.29, 0.717) is 10.9 Å². The fraction of sp³-hybridized carbons (Fsp3) is 0.667. The van der Waals surface area contributed by atoms with E-state index in [1.54, 1.807) is 0 Å². The van der Waals surface area contributed by atoms with Crippen molar-refractivity contribution in [2.75, 3.05) is 18.1 Å². The Morgan fingerprint density at radius 1 is 0.848 bits per heavy atom. The van der Waals surface area contributed by atoms with Gasteiger partial charge < -0.3 is 9.29 Å². The highest BCUT2D eigenvalue weighted by Gasteiger charge is 2.83. The number of halogens is 9. The van der Waals surface area contributed by atoms with Gasteiger partial charge in [-0.3, -0.25) is 0 Å². The van der Waals surface area contributed by atoms with Crippen LogP contribution in [-0.2, 0) is 21.0 Å². The van der Waals surface area contributed by atoms with Crippen molar-refractivity contribution in [2.24, 2.45) is 0 Å². The minimum Gasteiger partial charge on any atom is -0.743 e. The van der Waals surface area contributed by atoms with Crippen LogP contribution in [0.1, 0.15) is 33.6 Å². The standard InChI is InChI=1S/C14H23OS.C4HF9O3S/c1-4-7-12-15-13-8-10-14(11-9-13)16(5-2)6-3;5-1(6,3(9,10)11)2(7,8)4(12,13)17(14,15)16/h8-11H,4-7,12H2,1-3H3;(H,14,15,16)/q+1;/p-1. The number of unbranched alkanes of at least 4 members (excludes halogenated alkanes) is 1. The normalized spacial score (nSPS) is 13.5. The Morgan fingerprint density at radius 2 is 1.30 bits per heavy atom. The van der Waals surface area contributed by atoms with Gasteiger partial charge in [0, 0.05) is 10.9 Å². The predicted molar refractivity (Wildman–Crippen MR) is 104 cm³/mol. The summed E-state index contributed by atoms with van der Waals surface area (Å²) in [5.41, 5.74) is 0. The maximum atomic E-state index is 12.2. The van der Waals surface area contributed by atoms with E-state index in [4.69, 9.17) is 4.74 Å². The van der Waals surface area contributed by atoms with Gasteiger partial charge in [-0.1, -0.05) is 13.3 Å². The first-order chi connectivity index (χ1) is 14.8. The Morgan fingerprint density at radius 3 is 1.64 bits per heavy atom. The first kappa shape index (κ1) is 31.6. The van der Waals surface area contributed by atoms with E-state index in [2.05, 4.69) is 45.0 Å². The zero-order chi connectivity index (χ0) is 26.3. The minimum absolute atomic E-state index is 0.427. The monoisotopic (exact) mass is 538 g/mol. The van der Waals surface area contributed by atoms with Crippen LogP contribution in [0, 0.1) is 0 Å². The van der Waals surface area contributed by atoms with E-state index in [1.165, 1.54) is 22.8 Å². The Labute approximate surface area is 188 Å². The lowest BCUT2D eigenvalue weighted by Crippen LogP contribution is -2.63. The Bertz CT molecular complexity index is 822. The number of hydrogen-bond donors (Lipinski definition) is 0. The van der Waals surface area contributed by atoms with E-state index < -0.39 is 33.4 Å². The lowest BCUT2D eigenvalue weighted by molar-refractivity contribution is -0.382. The van der Waals surface area contributed by atoms with Crippen molar-refractivity contribution in [3.05, 3.63) is 24.3 Å². The first-order valence-electron chi connectivity index (χ1n) is 9.37. The lowest BCUT2D eigenvalue weighted by atomic mass is 10.1. The van der Waals surface area contributed by atoms with Crippen LogP contribution in [-0.4, -0.2) is 54.4 Å². The third kappa shape index (κ3) is 7.57. The molecule has 0 fully saturated rings. The topological polar surface area (TPSA) is 66.4 Å². The largest absolute Gasteiger partial charge is 0.743 e. The van der Waals surface area contributed by atoms with Gasteiger partial charge in [-0.2, -0.15) is 39.5 Å². The van der Waals surface area contributed by atoms with Gasteiger partial charge in [-0.25, -0.2) is 8.42 Å². The molecule has 0 heterocycles. The van der Waals surface area contributed by atoms with Crippen molar-refractivity contribution in [3.63, 3.8) is 0 Å². The van der Waals surface area contributed by atoms with Gasteiger partial charge in [0.05, 0.1) is 6.61 Å². The SMILES string of the molecule is CCCCOc1ccc([S+](CC)CC)cc1.O=S(=O)([O-])C(F)(F)C(F)(F)C(F)(F)C(F)(F)F. The zero-order valence-corrected chi connectivity index (χ0v) is 19.3. The number of alkyl halides is 9. The fourth-order valence-corrected chi connectivity index (χ4v) is 4.16. The molecule has 0 aliphatic rings. The van der Waals surface area contributed by atoms with Crippen molar-refractivity contribution >= 4 is 21.0 Å². The zero-order valence-electron chi connectivity index (χ0n) is 17.7. The van der Waals surface area contributed by atoms with E-state index >= 15 is 0 Å². The molecule has 0 amide bonds. The van der Waals surface area contributed by atoms with Crippen LogP contribution < -0.4 is 4.74 Å². The van der Waals surface area contributed by atoms with Crippen molar-refractivity contribution in [3.8, 4) is 5.75 Å². The minimum atomic E-state index is -7.43. The van der Waals surface area contributed by atoms with Gasteiger partial charge in [0.1, 0.15) is 17.3 Å². The average Bonchev–Trinajstić information content (AvgIpc) is 2.69. The van der Waals surface area contributed by atoms with Crippen LogP contribution in [0.5, 0.6) is 5.75 Å². The molecule has 0 unspecified atom stereocenters. The summed E-state index contributed by atoms with van der Waals surface area (Å²) in [6.45, 7) is 7.54. The fourth-order valence-electron chi connectivity index (χ4n) is 2.12. The van der Waals surface area contributed by atoms with Crippen molar-refractivity contribution < 1.29 is 57.2 Å². The summed E-state index contributed by atoms with van der Waals surface area (Å²) in [6.07, 6.45) is -4.84. The van der Waals surface area contributed by atoms with Gasteiger partial charge in [-0.05, 0) is 44.5 Å². The summed E-state index contributed by atoms with van der Waals surface area (Å²) in [4.78, 5) is 1.47. The summed E-state index contributed by atoms with van der Waals surface area (Å²) >= 11 is 0. The molecule has 0 N–H and O–H groups in total. The van der Waals surface area contributed by atoms with Crippen molar-refractivity contribution in [1.29, 1.82) is 0 Å². The van der Waals surface area contributed by atoms with Crippen LogP contribution in [0.4, 0.5) is 39.5 Å². The van der Waals surface area contributed by atoms with E-state index in [1.807, 2.05) is 0 Å². The molecule has 1 aromatic carbocycles. The Hall–Kier alpha value is -1.35. The molecular weight excluding hydrogens is 515 g/mol. The van der Waals surface area contributed by atoms with Crippen molar-refractivity contribution in [1.82, 2.24) is 0 Å². The predicted octanol–water partition coefficient (Wildman–Crippen LogP) is 5.84. The molecule has 0 saturated carbocycles. The molecular formula is C18H23F9O4S2. The van der Waals surface area contributed by atoms with Crippen LogP contribution in [0.2, 0.25) is 0 Å². The first-order valence-corrected chi connectivity index (χ1v) is 12.3. The quantitative estimate of drug-likeness (QED) is 0.163. The number of rotatable bonds is 10. The lowest BCUT2D eigenvalue weighted by Gasteiger charge is -2.34. The molecule has 0 aromatic heterocycles. The Kier molecular flexibility index (Phi) is 11.4. The molecule has 1 aromatic rings. The smallest absolute Gasteiger partial charge is 0.460 e. The molecule has 15 heteroatoms.